The topological polar surface area (TPSA) is 85.2 Å². The fraction of sp³-hybridized carbons (Fsp3) is 0.391. The van der Waals surface area contributed by atoms with E-state index >= 15 is 0 Å². The summed E-state index contributed by atoms with van der Waals surface area (Å²) in [4.78, 5) is 22.8. The van der Waals surface area contributed by atoms with Crippen molar-refractivity contribution in [2.75, 3.05) is 33.1 Å². The first-order valence-corrected chi connectivity index (χ1v) is 10.5. The van der Waals surface area contributed by atoms with Crippen molar-refractivity contribution in [1.82, 2.24) is 24.6 Å². The number of nitrogens with zero attached hydrogens (tertiary/aromatic N) is 5. The van der Waals surface area contributed by atoms with E-state index in [2.05, 4.69) is 25.3 Å². The van der Waals surface area contributed by atoms with Crippen molar-refractivity contribution < 1.29 is 13.9 Å². The van der Waals surface area contributed by atoms with Gasteiger partial charge in [0, 0.05) is 37.1 Å². The molecule has 9 heteroatoms. The number of ether oxygens (including phenoxy) is 1. The summed E-state index contributed by atoms with van der Waals surface area (Å²) in [6.45, 7) is 3.47. The number of carbonyl (C=O) groups excluding carboxylic acids is 1. The van der Waals surface area contributed by atoms with Gasteiger partial charge in [0.1, 0.15) is 0 Å². The molecule has 0 aliphatic carbocycles. The molecule has 0 unspecified atom stereocenters. The molecule has 3 rings (SSSR count). The Morgan fingerprint density at radius 3 is 2.59 bits per heavy atom. The van der Waals surface area contributed by atoms with E-state index in [0.717, 1.165) is 24.3 Å². The second-order valence-electron chi connectivity index (χ2n) is 7.76. The van der Waals surface area contributed by atoms with Crippen molar-refractivity contribution in [1.29, 1.82) is 0 Å². The first-order valence-electron chi connectivity index (χ1n) is 10.5. The largest absolute Gasteiger partial charge is 0.494 e. The highest BCUT2D eigenvalue weighted by atomic mass is 19.1. The molecule has 2 heterocycles. The number of aryl methyl sites for hydroxylation is 2. The molecule has 0 radical (unpaired) electrons. The number of hydrogen-bond donors (Lipinski definition) is 1. The Balaban J connectivity index is 1.62. The highest BCUT2D eigenvalue weighted by Crippen LogP contribution is 2.25. The highest BCUT2D eigenvalue weighted by molar-refractivity contribution is 5.96. The zero-order valence-electron chi connectivity index (χ0n) is 18.9. The van der Waals surface area contributed by atoms with Crippen molar-refractivity contribution in [2.45, 2.75) is 32.7 Å². The van der Waals surface area contributed by atoms with Crippen LogP contribution in [0.2, 0.25) is 0 Å². The molecule has 0 atom stereocenters. The predicted octanol–water partition coefficient (Wildman–Crippen LogP) is 3.50. The monoisotopic (exact) mass is 440 g/mol. The maximum absolute atomic E-state index is 14.6. The van der Waals surface area contributed by atoms with Gasteiger partial charge in [0.05, 0.1) is 25.5 Å². The fourth-order valence-corrected chi connectivity index (χ4v) is 3.16. The van der Waals surface area contributed by atoms with Crippen LogP contribution in [0, 0.1) is 5.82 Å². The summed E-state index contributed by atoms with van der Waals surface area (Å²) >= 11 is 0. The minimum absolute atomic E-state index is 0.0478. The number of Topliss-reactive ketones (excluding diaryl/α,β-unsaturated/α-hetero) is 1. The average Bonchev–Trinajstić information content (AvgIpc) is 3.24. The minimum atomic E-state index is -0.439. The number of ketones is 1. The van der Waals surface area contributed by atoms with Gasteiger partial charge in [-0.1, -0.05) is 6.92 Å². The van der Waals surface area contributed by atoms with E-state index in [4.69, 9.17) is 4.74 Å². The number of rotatable bonds is 11. The average molecular weight is 441 g/mol. The molecular formula is C23H29FN6O2. The minimum Gasteiger partial charge on any atom is -0.494 e. The number of carbonyl (C=O) groups is 1. The Labute approximate surface area is 187 Å². The van der Waals surface area contributed by atoms with Gasteiger partial charge in [-0.25, -0.2) is 14.4 Å². The standard InChI is InChI=1S/C23H29FN6O2/c1-5-20(31)18-10-17(22(24)21(11-18)32-4)7-6-16-12-25-23(26-13-16)28-19-14-27-30(15-19)9-8-29(2)3/h10-15H,5-9H2,1-4H3,(H,25,26,28). The third-order valence-electron chi connectivity index (χ3n) is 5.03. The van der Waals surface area contributed by atoms with Crippen LogP contribution in [0.25, 0.3) is 0 Å². The molecule has 0 aliphatic rings. The Kier molecular flexibility index (Phi) is 7.88. The Morgan fingerprint density at radius 2 is 1.94 bits per heavy atom. The van der Waals surface area contributed by atoms with Gasteiger partial charge < -0.3 is 15.0 Å². The Hall–Kier alpha value is -3.33. The Morgan fingerprint density at radius 1 is 1.19 bits per heavy atom. The number of aromatic nitrogens is 4. The van der Waals surface area contributed by atoms with Crippen molar-refractivity contribution in [2.24, 2.45) is 0 Å². The van der Waals surface area contributed by atoms with Crippen LogP contribution in [-0.2, 0) is 19.4 Å². The molecule has 8 nitrogen and oxygen atoms in total. The van der Waals surface area contributed by atoms with Crippen LogP contribution >= 0.6 is 0 Å². The van der Waals surface area contributed by atoms with E-state index in [9.17, 15) is 9.18 Å². The third kappa shape index (κ3) is 6.10. The lowest BCUT2D eigenvalue weighted by Crippen LogP contribution is -2.18. The molecule has 2 aromatic heterocycles. The molecule has 1 N–H and O–H groups in total. The molecular weight excluding hydrogens is 411 g/mol. The fourth-order valence-electron chi connectivity index (χ4n) is 3.16. The molecule has 1 aromatic carbocycles. The number of hydrogen-bond acceptors (Lipinski definition) is 7. The summed E-state index contributed by atoms with van der Waals surface area (Å²) in [5, 5.41) is 7.45. The normalized spacial score (nSPS) is 11.1. The lowest BCUT2D eigenvalue weighted by Gasteiger charge is -2.11. The van der Waals surface area contributed by atoms with Crippen LogP contribution in [-0.4, -0.2) is 58.2 Å². The van der Waals surface area contributed by atoms with E-state index in [0.29, 0.717) is 36.3 Å². The maximum atomic E-state index is 14.6. The summed E-state index contributed by atoms with van der Waals surface area (Å²) in [5.74, 6) is 0.0597. The van der Waals surface area contributed by atoms with E-state index in [-0.39, 0.29) is 11.5 Å². The van der Waals surface area contributed by atoms with Crippen LogP contribution in [0.5, 0.6) is 5.75 Å². The summed E-state index contributed by atoms with van der Waals surface area (Å²) in [6.07, 6.45) is 8.35. The van der Waals surface area contributed by atoms with Crippen LogP contribution in [0.1, 0.15) is 34.8 Å². The van der Waals surface area contributed by atoms with Crippen LogP contribution < -0.4 is 10.1 Å². The van der Waals surface area contributed by atoms with Gasteiger partial charge in [0.15, 0.2) is 17.3 Å². The van der Waals surface area contributed by atoms with Gasteiger partial charge in [-0.05, 0) is 50.2 Å². The number of halogens is 1. The van der Waals surface area contributed by atoms with Crippen molar-refractivity contribution in [3.05, 3.63) is 59.4 Å². The Bertz CT molecular complexity index is 1050. The molecule has 32 heavy (non-hydrogen) atoms. The molecule has 170 valence electrons. The van der Waals surface area contributed by atoms with Gasteiger partial charge in [0.25, 0.3) is 0 Å². The maximum Gasteiger partial charge on any atom is 0.227 e. The number of likely N-dealkylation sites (N-methyl/N-ethyl adjacent to an activating group) is 1. The number of anilines is 2. The molecule has 0 fully saturated rings. The van der Waals surface area contributed by atoms with E-state index in [1.54, 1.807) is 31.6 Å². The SMILES string of the molecule is CCC(=O)c1cc(CCc2cnc(Nc3cnn(CCN(C)C)c3)nc2)c(F)c(OC)c1. The van der Waals surface area contributed by atoms with Crippen LogP contribution in [0.3, 0.4) is 0 Å². The predicted molar refractivity (Wildman–Crippen MR) is 121 cm³/mol. The van der Waals surface area contributed by atoms with Gasteiger partial charge in [0.2, 0.25) is 5.95 Å². The zero-order valence-corrected chi connectivity index (χ0v) is 18.9. The molecule has 0 bridgehead atoms. The summed E-state index contributed by atoms with van der Waals surface area (Å²) < 4.78 is 21.6. The van der Waals surface area contributed by atoms with Crippen molar-refractivity contribution >= 4 is 17.4 Å². The van der Waals surface area contributed by atoms with Gasteiger partial charge in [-0.3, -0.25) is 9.48 Å². The summed E-state index contributed by atoms with van der Waals surface area (Å²) in [6, 6.07) is 3.06. The zero-order chi connectivity index (χ0) is 23.1. The second kappa shape index (κ2) is 10.8. The van der Waals surface area contributed by atoms with Gasteiger partial charge in [-0.2, -0.15) is 5.10 Å². The summed E-state index contributed by atoms with van der Waals surface area (Å²) in [7, 11) is 5.43. The van der Waals surface area contributed by atoms with E-state index in [1.165, 1.54) is 13.2 Å². The van der Waals surface area contributed by atoms with E-state index in [1.807, 2.05) is 25.0 Å². The van der Waals surface area contributed by atoms with Crippen molar-refractivity contribution in [3.8, 4) is 5.75 Å². The second-order valence-corrected chi connectivity index (χ2v) is 7.76. The van der Waals surface area contributed by atoms with Crippen molar-refractivity contribution in [3.63, 3.8) is 0 Å². The number of methoxy groups -OCH3 is 1. The van der Waals surface area contributed by atoms with Gasteiger partial charge in [-0.15, -0.1) is 0 Å². The van der Waals surface area contributed by atoms with Crippen LogP contribution in [0.4, 0.5) is 16.0 Å². The lowest BCUT2D eigenvalue weighted by atomic mass is 10.00. The third-order valence-corrected chi connectivity index (χ3v) is 5.03. The molecule has 0 saturated heterocycles. The molecule has 0 amide bonds. The first-order chi connectivity index (χ1) is 15.4. The number of benzene rings is 1. The first kappa shape index (κ1) is 23.3. The lowest BCUT2D eigenvalue weighted by molar-refractivity contribution is 0.0987. The van der Waals surface area contributed by atoms with Crippen LogP contribution in [0.15, 0.2) is 36.9 Å². The smallest absolute Gasteiger partial charge is 0.227 e. The molecule has 0 spiro atoms. The van der Waals surface area contributed by atoms with E-state index < -0.39 is 5.82 Å². The highest BCUT2D eigenvalue weighted by Gasteiger charge is 2.15. The molecule has 3 aromatic rings. The quantitative estimate of drug-likeness (QED) is 0.457. The molecule has 0 aliphatic heterocycles. The van der Waals surface area contributed by atoms with Gasteiger partial charge >= 0.3 is 0 Å². The number of nitrogens with one attached hydrogen (secondary N) is 1. The molecule has 0 saturated carbocycles. The summed E-state index contributed by atoms with van der Waals surface area (Å²) in [5.41, 5.74) is 2.57.